The summed E-state index contributed by atoms with van der Waals surface area (Å²) >= 11 is 0. The summed E-state index contributed by atoms with van der Waals surface area (Å²) in [7, 11) is 0. The number of aldehydes is 1. The molecule has 0 saturated heterocycles. The van der Waals surface area contributed by atoms with Gasteiger partial charge in [-0.05, 0) is 39.0 Å². The van der Waals surface area contributed by atoms with Gasteiger partial charge in [0.05, 0.1) is 5.56 Å². The highest BCUT2D eigenvalue weighted by atomic mass is 19.4. The van der Waals surface area contributed by atoms with Crippen LogP contribution in [0.2, 0.25) is 0 Å². The zero-order valence-electron chi connectivity index (χ0n) is 12.1. The molecule has 4 nitrogen and oxygen atoms in total. The van der Waals surface area contributed by atoms with Crippen LogP contribution in [0.15, 0.2) is 18.2 Å². The average molecular weight is 321 g/mol. The van der Waals surface area contributed by atoms with Crippen molar-refractivity contribution in [2.75, 3.05) is 0 Å². The summed E-state index contributed by atoms with van der Waals surface area (Å²) in [6, 6.07) is 0.0305. The maximum absolute atomic E-state index is 13.7. The van der Waals surface area contributed by atoms with Gasteiger partial charge in [0.1, 0.15) is 23.7 Å². The van der Waals surface area contributed by atoms with Crippen molar-refractivity contribution in [2.24, 2.45) is 0 Å². The van der Waals surface area contributed by atoms with Crippen LogP contribution in [0.1, 0.15) is 37.9 Å². The van der Waals surface area contributed by atoms with Gasteiger partial charge in [0, 0.05) is 5.56 Å². The van der Waals surface area contributed by atoms with Gasteiger partial charge < -0.3 is 14.8 Å². The van der Waals surface area contributed by atoms with E-state index < -0.39 is 40.9 Å². The highest BCUT2D eigenvalue weighted by Crippen LogP contribution is 2.31. The summed E-state index contributed by atoms with van der Waals surface area (Å²) in [6.07, 6.45) is -5.61. The van der Waals surface area contributed by atoms with E-state index in [0.717, 1.165) is 0 Å². The molecule has 0 aliphatic heterocycles. The third-order valence-corrected chi connectivity index (χ3v) is 2.47. The van der Waals surface area contributed by atoms with Gasteiger partial charge in [-0.25, -0.2) is 9.18 Å². The van der Waals surface area contributed by atoms with Crippen molar-refractivity contribution in [3.8, 4) is 0 Å². The molecule has 22 heavy (non-hydrogen) atoms. The van der Waals surface area contributed by atoms with E-state index in [1.165, 1.54) is 0 Å². The van der Waals surface area contributed by atoms with E-state index in [9.17, 15) is 27.2 Å². The number of hydrogen-bond acceptors (Lipinski definition) is 3. The second-order valence-corrected chi connectivity index (χ2v) is 5.49. The van der Waals surface area contributed by atoms with E-state index in [0.29, 0.717) is 18.2 Å². The Labute approximate surface area is 124 Å². The van der Waals surface area contributed by atoms with E-state index in [-0.39, 0.29) is 6.29 Å². The van der Waals surface area contributed by atoms with Crippen molar-refractivity contribution in [2.45, 2.75) is 38.6 Å². The van der Waals surface area contributed by atoms with Crippen LogP contribution in [0.4, 0.5) is 22.4 Å². The normalized spacial score (nSPS) is 13.4. The Morgan fingerprint density at radius 2 is 1.86 bits per heavy atom. The fraction of sp³-hybridized carbons (Fsp3) is 0.429. The highest BCUT2D eigenvalue weighted by Gasteiger charge is 2.32. The van der Waals surface area contributed by atoms with Crippen LogP contribution in [0.3, 0.4) is 0 Å². The number of benzene rings is 1. The van der Waals surface area contributed by atoms with Crippen LogP contribution in [0.25, 0.3) is 0 Å². The van der Waals surface area contributed by atoms with Crippen LogP contribution in [-0.2, 0) is 15.7 Å². The largest absolute Gasteiger partial charge is 0.444 e. The molecule has 1 aromatic carbocycles. The molecule has 8 heteroatoms. The third kappa shape index (κ3) is 5.01. The Kier molecular flexibility index (Phi) is 5.16. The minimum Gasteiger partial charge on any atom is -0.444 e. The predicted octanol–water partition coefficient (Wildman–Crippen LogP) is 3.61. The van der Waals surface area contributed by atoms with E-state index in [1.54, 1.807) is 20.8 Å². The quantitative estimate of drug-likeness (QED) is 0.683. The second kappa shape index (κ2) is 6.33. The Hall–Kier alpha value is -2.12. The lowest BCUT2D eigenvalue weighted by atomic mass is 10.0. The molecule has 0 bridgehead atoms. The Morgan fingerprint density at radius 1 is 1.27 bits per heavy atom. The molecule has 0 aliphatic carbocycles. The first-order chi connectivity index (χ1) is 9.94. The first-order valence-electron chi connectivity index (χ1n) is 6.25. The zero-order chi connectivity index (χ0) is 17.1. The summed E-state index contributed by atoms with van der Waals surface area (Å²) in [5.41, 5.74) is -2.58. The van der Waals surface area contributed by atoms with Crippen molar-refractivity contribution in [1.82, 2.24) is 5.32 Å². The van der Waals surface area contributed by atoms with Crippen molar-refractivity contribution in [3.05, 3.63) is 35.1 Å². The maximum Gasteiger partial charge on any atom is 0.416 e. The lowest BCUT2D eigenvalue weighted by Crippen LogP contribution is -2.36. The summed E-state index contributed by atoms with van der Waals surface area (Å²) in [4.78, 5) is 22.6. The minimum atomic E-state index is -4.69. The number of alkyl carbamates (subject to hydrolysis) is 1. The topological polar surface area (TPSA) is 55.4 Å². The van der Waals surface area contributed by atoms with Gasteiger partial charge in [-0.3, -0.25) is 0 Å². The molecule has 0 fully saturated rings. The molecule has 1 atom stereocenters. The molecule has 1 aromatic rings. The molecule has 1 N–H and O–H groups in total. The monoisotopic (exact) mass is 321 g/mol. The number of alkyl halides is 3. The molecule has 1 unspecified atom stereocenters. The summed E-state index contributed by atoms with van der Waals surface area (Å²) in [6.45, 7) is 4.69. The number of halogens is 4. The van der Waals surface area contributed by atoms with E-state index in [4.69, 9.17) is 4.74 Å². The van der Waals surface area contributed by atoms with Crippen LogP contribution in [0, 0.1) is 5.82 Å². The third-order valence-electron chi connectivity index (χ3n) is 2.47. The SMILES string of the molecule is CC(C)(C)OC(=O)NC(C=O)c1cc(C(F)(F)F)ccc1F. The molecule has 0 radical (unpaired) electrons. The molecular formula is C14H15F4NO3. The smallest absolute Gasteiger partial charge is 0.416 e. The van der Waals surface area contributed by atoms with Crippen molar-refractivity contribution >= 4 is 12.4 Å². The number of rotatable bonds is 3. The minimum absolute atomic E-state index is 0.127. The summed E-state index contributed by atoms with van der Waals surface area (Å²) in [5, 5.41) is 2.02. The van der Waals surface area contributed by atoms with Gasteiger partial charge in [0.25, 0.3) is 0 Å². The van der Waals surface area contributed by atoms with Gasteiger partial charge >= 0.3 is 12.3 Å². The first kappa shape index (κ1) is 17.9. The number of amides is 1. The van der Waals surface area contributed by atoms with Crippen LogP contribution in [-0.4, -0.2) is 18.0 Å². The molecule has 1 rings (SSSR count). The fourth-order valence-electron chi connectivity index (χ4n) is 1.58. The van der Waals surface area contributed by atoms with Gasteiger partial charge in [-0.2, -0.15) is 13.2 Å². The second-order valence-electron chi connectivity index (χ2n) is 5.49. The molecule has 0 aliphatic rings. The molecule has 122 valence electrons. The zero-order valence-corrected chi connectivity index (χ0v) is 12.1. The van der Waals surface area contributed by atoms with Gasteiger partial charge in [-0.1, -0.05) is 0 Å². The van der Waals surface area contributed by atoms with Crippen molar-refractivity contribution in [3.63, 3.8) is 0 Å². The lowest BCUT2D eigenvalue weighted by molar-refractivity contribution is -0.137. The van der Waals surface area contributed by atoms with Gasteiger partial charge in [0.2, 0.25) is 0 Å². The number of carbonyl (C=O) groups is 2. The van der Waals surface area contributed by atoms with E-state index in [1.807, 2.05) is 5.32 Å². The van der Waals surface area contributed by atoms with E-state index in [2.05, 4.69) is 0 Å². The summed E-state index contributed by atoms with van der Waals surface area (Å²) in [5.74, 6) is -1.04. The number of carbonyl (C=O) groups excluding carboxylic acids is 2. The van der Waals surface area contributed by atoms with Gasteiger partial charge in [0.15, 0.2) is 0 Å². The van der Waals surface area contributed by atoms with Gasteiger partial charge in [-0.15, -0.1) is 0 Å². The first-order valence-corrected chi connectivity index (χ1v) is 6.25. The lowest BCUT2D eigenvalue weighted by Gasteiger charge is -2.22. The Balaban J connectivity index is 3.05. The molecular weight excluding hydrogens is 306 g/mol. The number of ether oxygens (including phenoxy) is 1. The van der Waals surface area contributed by atoms with Crippen LogP contribution in [0.5, 0.6) is 0 Å². The summed E-state index contributed by atoms with van der Waals surface area (Å²) < 4.78 is 56.4. The van der Waals surface area contributed by atoms with Crippen molar-refractivity contribution < 1.29 is 31.9 Å². The van der Waals surface area contributed by atoms with Crippen molar-refractivity contribution in [1.29, 1.82) is 0 Å². The Morgan fingerprint density at radius 3 is 2.32 bits per heavy atom. The van der Waals surface area contributed by atoms with Crippen LogP contribution < -0.4 is 5.32 Å². The molecule has 0 aromatic heterocycles. The standard InChI is InChI=1S/C14H15F4NO3/c1-13(2,3)22-12(21)19-11(7-20)9-6-8(14(16,17)18)4-5-10(9)15/h4-7,11H,1-3H3,(H,19,21). The van der Waals surface area contributed by atoms with E-state index >= 15 is 0 Å². The predicted molar refractivity (Wildman–Crippen MR) is 69.6 cm³/mol. The maximum atomic E-state index is 13.7. The fourth-order valence-corrected chi connectivity index (χ4v) is 1.58. The highest BCUT2D eigenvalue weighted by molar-refractivity contribution is 5.74. The number of hydrogen-bond donors (Lipinski definition) is 1. The number of nitrogens with one attached hydrogen (secondary N) is 1. The molecule has 1 amide bonds. The Bertz CT molecular complexity index is 564. The van der Waals surface area contributed by atoms with Crippen LogP contribution >= 0.6 is 0 Å². The average Bonchev–Trinajstić information content (AvgIpc) is 2.33. The molecule has 0 heterocycles. The molecule has 0 spiro atoms. The molecule has 0 saturated carbocycles.